The van der Waals surface area contributed by atoms with Gasteiger partial charge in [-0.15, -0.1) is 0 Å². The summed E-state index contributed by atoms with van der Waals surface area (Å²) in [6.45, 7) is 39.8. The zero-order valence-electron chi connectivity index (χ0n) is 57.7. The maximum atomic E-state index is 2.69. The van der Waals surface area contributed by atoms with Crippen LogP contribution in [0.3, 0.4) is 0 Å². The summed E-state index contributed by atoms with van der Waals surface area (Å²) < 4.78 is 0. The molecule has 4 nitrogen and oxygen atoms in total. The zero-order valence-corrected chi connectivity index (χ0v) is 57.7. The quantitative estimate of drug-likeness (QED) is 0.141. The summed E-state index contributed by atoms with van der Waals surface area (Å²) in [6.07, 6.45) is 0. The Morgan fingerprint density at radius 2 is 0.645 bits per heavy atom. The van der Waals surface area contributed by atoms with Crippen LogP contribution in [-0.4, -0.2) is 6.71 Å². The standard InChI is InChI=1S/C88H87BN4/c1-54-26-36-61(37-27-54)90(62-38-28-55(2)29-39-62)77-52-65(50-71-81(77)67-22-18-20-24-69(67)87(71,14)15)92-75-44-34-58(84(5,6)7)46-73(75)89-74-47-59(85(8,9)10)35-45-76(74)93(80-49-60(86(11,12)13)48-79(92)83(80)89)66-51-72-82(68-23-19-21-25-70(68)88(72,16)17)78(53-66)91(63-40-30-56(3)31-41-63)64-42-32-57(4)33-43-64/h18-53H,1-17H3. The highest BCUT2D eigenvalue weighted by Crippen LogP contribution is 2.60. The molecule has 0 aromatic heterocycles. The van der Waals surface area contributed by atoms with Crippen molar-refractivity contribution in [1.82, 2.24) is 0 Å². The van der Waals surface area contributed by atoms with Crippen LogP contribution >= 0.6 is 0 Å². The van der Waals surface area contributed by atoms with Gasteiger partial charge in [-0.05, 0) is 207 Å². The predicted molar refractivity (Wildman–Crippen MR) is 400 cm³/mol. The number of aryl methyl sites for hydroxylation is 4. The molecule has 4 aliphatic rings. The molecule has 0 spiro atoms. The number of benzene rings is 11. The SMILES string of the molecule is Cc1ccc(N(c2ccc(C)cc2)c2cc(N3c4ccc(C(C)(C)C)cc4B4c5cc(C(C)(C)C)ccc5N(c5cc(N(c6ccc(C)cc6)c6ccc(C)cc6)c6c(c5)C(C)(C)c5ccccc5-6)c5cc(C(C)(C)C)cc3c54)cc3c2-c2ccccc2C3(C)C)cc1. The lowest BCUT2D eigenvalue weighted by molar-refractivity contribution is 0.590. The van der Waals surface area contributed by atoms with E-state index in [0.29, 0.717) is 0 Å². The van der Waals surface area contributed by atoms with Crippen LogP contribution in [0.15, 0.2) is 218 Å². The Morgan fingerprint density at radius 3 is 0.968 bits per heavy atom. The van der Waals surface area contributed by atoms with Gasteiger partial charge in [0, 0.05) is 78.8 Å². The number of fused-ring (bicyclic) bond motifs is 10. The molecule has 0 amide bonds. The van der Waals surface area contributed by atoms with E-state index in [2.05, 4.69) is 356 Å². The molecular formula is C88H87BN4. The van der Waals surface area contributed by atoms with E-state index in [1.807, 2.05) is 0 Å². The summed E-state index contributed by atoms with van der Waals surface area (Å²) in [6, 6.07) is 85.3. The van der Waals surface area contributed by atoms with E-state index in [0.717, 1.165) is 45.5 Å². The minimum absolute atomic E-state index is 0.108. The largest absolute Gasteiger partial charge is 0.311 e. The van der Waals surface area contributed by atoms with Crippen LogP contribution in [0.5, 0.6) is 0 Å². The number of hydrogen-bond acceptors (Lipinski definition) is 4. The molecule has 2 aliphatic heterocycles. The molecule has 15 rings (SSSR count). The smallest absolute Gasteiger partial charge is 0.252 e. The third-order valence-corrected chi connectivity index (χ3v) is 21.1. The topological polar surface area (TPSA) is 13.0 Å². The van der Waals surface area contributed by atoms with Crippen LogP contribution in [-0.2, 0) is 27.1 Å². The molecule has 0 saturated heterocycles. The van der Waals surface area contributed by atoms with Crippen LogP contribution in [0.25, 0.3) is 22.3 Å². The Labute approximate surface area is 554 Å². The summed E-state index contributed by atoms with van der Waals surface area (Å²) in [5, 5.41) is 0. The minimum Gasteiger partial charge on any atom is -0.311 e. The maximum absolute atomic E-state index is 2.69. The fourth-order valence-electron chi connectivity index (χ4n) is 15.7. The van der Waals surface area contributed by atoms with Gasteiger partial charge in [-0.25, -0.2) is 0 Å². The maximum Gasteiger partial charge on any atom is 0.252 e. The normalized spacial score (nSPS) is 14.6. The summed E-state index contributed by atoms with van der Waals surface area (Å²) in [7, 11) is 0. The Hall–Kier alpha value is -9.32. The third-order valence-electron chi connectivity index (χ3n) is 21.1. The summed E-state index contributed by atoms with van der Waals surface area (Å²) in [5.41, 5.74) is 36.0. The Bertz CT molecular complexity index is 4440. The Kier molecular flexibility index (Phi) is 13.6. The highest BCUT2D eigenvalue weighted by molar-refractivity contribution is 7.00. The lowest BCUT2D eigenvalue weighted by atomic mass is 9.33. The van der Waals surface area contributed by atoms with Crippen LogP contribution in [0.2, 0.25) is 0 Å². The molecule has 0 atom stereocenters. The minimum atomic E-state index is -0.324. The fourth-order valence-corrected chi connectivity index (χ4v) is 15.7. The molecule has 0 radical (unpaired) electrons. The fraction of sp³-hybridized carbons (Fsp3) is 0.250. The van der Waals surface area contributed by atoms with Crippen molar-refractivity contribution < 1.29 is 0 Å². The molecule has 11 aromatic carbocycles. The molecule has 5 heteroatoms. The highest BCUT2D eigenvalue weighted by atomic mass is 15.2. The first-order valence-corrected chi connectivity index (χ1v) is 33.7. The van der Waals surface area contributed by atoms with Gasteiger partial charge in [0.2, 0.25) is 0 Å². The van der Waals surface area contributed by atoms with Gasteiger partial charge in [-0.2, -0.15) is 0 Å². The van der Waals surface area contributed by atoms with Crippen molar-refractivity contribution in [2.45, 2.75) is 145 Å². The number of rotatable bonds is 8. The molecule has 11 aromatic rings. The molecular weight excluding hydrogens is 1120 g/mol. The first-order valence-electron chi connectivity index (χ1n) is 33.7. The van der Waals surface area contributed by atoms with Crippen LogP contribution in [0.4, 0.5) is 68.2 Å². The average Bonchev–Trinajstić information content (AvgIpc) is 1.40. The zero-order chi connectivity index (χ0) is 65.2. The van der Waals surface area contributed by atoms with Gasteiger partial charge in [0.05, 0.1) is 11.4 Å². The van der Waals surface area contributed by atoms with Gasteiger partial charge >= 0.3 is 0 Å². The molecule has 2 aliphatic carbocycles. The predicted octanol–water partition coefficient (Wildman–Crippen LogP) is 22.4. The highest BCUT2D eigenvalue weighted by Gasteiger charge is 2.48. The molecule has 93 heavy (non-hydrogen) atoms. The monoisotopic (exact) mass is 1210 g/mol. The summed E-state index contributed by atoms with van der Waals surface area (Å²) in [4.78, 5) is 10.5. The molecule has 2 heterocycles. The van der Waals surface area contributed by atoms with Crippen LogP contribution < -0.4 is 36.0 Å². The van der Waals surface area contributed by atoms with E-state index in [4.69, 9.17) is 0 Å². The Balaban J connectivity index is 1.08. The van der Waals surface area contributed by atoms with Crippen molar-refractivity contribution in [3.05, 3.63) is 280 Å². The van der Waals surface area contributed by atoms with Crippen molar-refractivity contribution in [3.8, 4) is 22.3 Å². The summed E-state index contributed by atoms with van der Waals surface area (Å²) >= 11 is 0. The summed E-state index contributed by atoms with van der Waals surface area (Å²) in [5.74, 6) is 0. The van der Waals surface area contributed by atoms with Gasteiger partial charge in [-0.3, -0.25) is 0 Å². The second-order valence-electron chi connectivity index (χ2n) is 31.5. The third kappa shape index (κ3) is 9.61. The van der Waals surface area contributed by atoms with E-state index in [1.165, 1.54) is 123 Å². The lowest BCUT2D eigenvalue weighted by Crippen LogP contribution is -2.61. The van der Waals surface area contributed by atoms with Crippen molar-refractivity contribution in [3.63, 3.8) is 0 Å². The van der Waals surface area contributed by atoms with Gasteiger partial charge in [0.25, 0.3) is 6.71 Å². The first-order chi connectivity index (χ1) is 44.2. The molecule has 0 saturated carbocycles. The van der Waals surface area contributed by atoms with Crippen LogP contribution in [0.1, 0.15) is 151 Å². The van der Waals surface area contributed by atoms with E-state index in [1.54, 1.807) is 0 Å². The van der Waals surface area contributed by atoms with Crippen molar-refractivity contribution >= 4 is 91.3 Å². The van der Waals surface area contributed by atoms with Gasteiger partial charge in [-0.1, -0.05) is 234 Å². The second-order valence-corrected chi connectivity index (χ2v) is 31.5. The van der Waals surface area contributed by atoms with E-state index in [9.17, 15) is 0 Å². The molecule has 0 N–H and O–H groups in total. The number of anilines is 12. The second kappa shape index (κ2) is 21.1. The van der Waals surface area contributed by atoms with E-state index < -0.39 is 0 Å². The van der Waals surface area contributed by atoms with Crippen molar-refractivity contribution in [2.75, 3.05) is 19.6 Å². The van der Waals surface area contributed by atoms with Crippen molar-refractivity contribution in [2.24, 2.45) is 0 Å². The van der Waals surface area contributed by atoms with E-state index in [-0.39, 0.29) is 33.8 Å². The Morgan fingerprint density at radius 1 is 0.323 bits per heavy atom. The number of hydrogen-bond donors (Lipinski definition) is 0. The lowest BCUT2D eigenvalue weighted by Gasteiger charge is -2.46. The van der Waals surface area contributed by atoms with Gasteiger partial charge in [0.15, 0.2) is 0 Å². The molecule has 0 bridgehead atoms. The van der Waals surface area contributed by atoms with Crippen molar-refractivity contribution in [1.29, 1.82) is 0 Å². The number of nitrogens with zero attached hydrogens (tertiary/aromatic N) is 4. The molecule has 0 fully saturated rings. The average molecular weight is 1210 g/mol. The molecule has 462 valence electrons. The first kappa shape index (κ1) is 60.0. The van der Waals surface area contributed by atoms with Gasteiger partial charge in [0.1, 0.15) is 0 Å². The van der Waals surface area contributed by atoms with Gasteiger partial charge < -0.3 is 19.6 Å². The van der Waals surface area contributed by atoms with E-state index >= 15 is 0 Å². The molecule has 0 unspecified atom stereocenters. The van der Waals surface area contributed by atoms with Crippen LogP contribution in [0, 0.1) is 27.7 Å².